The Kier molecular flexibility index (Phi) is 5.56. The number of rotatable bonds is 4. The molecule has 0 saturated carbocycles. The first-order valence-electron chi connectivity index (χ1n) is 5.37. The highest BCUT2D eigenvalue weighted by atomic mass is 32.2. The molecule has 0 bridgehead atoms. The van der Waals surface area contributed by atoms with Crippen LogP contribution in [0, 0.1) is 0 Å². The van der Waals surface area contributed by atoms with Crippen molar-refractivity contribution in [1.82, 2.24) is 0 Å². The van der Waals surface area contributed by atoms with Gasteiger partial charge in [0.15, 0.2) is 0 Å². The Morgan fingerprint density at radius 2 is 2.31 bits per heavy atom. The second kappa shape index (κ2) is 6.50. The van der Waals surface area contributed by atoms with Gasteiger partial charge in [-0.05, 0) is 31.4 Å². The molecule has 2 heteroatoms. The van der Waals surface area contributed by atoms with Crippen LogP contribution in [0.5, 0.6) is 0 Å². The summed E-state index contributed by atoms with van der Waals surface area (Å²) in [6.45, 7) is 2.19. The molecule has 1 rings (SSSR count). The van der Waals surface area contributed by atoms with E-state index in [1.54, 1.807) is 0 Å². The quantitative estimate of drug-likeness (QED) is 0.704. The van der Waals surface area contributed by atoms with Crippen LogP contribution in [0.2, 0.25) is 0 Å². The Hall–Kier alpha value is 0.0500. The van der Waals surface area contributed by atoms with Crippen molar-refractivity contribution in [1.29, 1.82) is 0 Å². The lowest BCUT2D eigenvalue weighted by atomic mass is 10.0. The summed E-state index contributed by atoms with van der Waals surface area (Å²) in [6.07, 6.45) is 8.96. The Bertz CT molecular complexity index is 165. The van der Waals surface area contributed by atoms with E-state index in [9.17, 15) is 0 Å². The molecule has 0 saturated heterocycles. The molecule has 1 aliphatic rings. The first-order valence-corrected chi connectivity index (χ1v) is 6.52. The molecule has 0 spiro atoms. The van der Waals surface area contributed by atoms with Crippen molar-refractivity contribution < 1.29 is 0 Å². The van der Waals surface area contributed by atoms with Crippen molar-refractivity contribution in [3.8, 4) is 0 Å². The van der Waals surface area contributed by atoms with Crippen LogP contribution < -0.4 is 5.73 Å². The summed E-state index contributed by atoms with van der Waals surface area (Å²) >= 11 is 1.95. The molecule has 0 radical (unpaired) electrons. The standard InChI is InChI=1S/C11H21NS/c1-2-13-9-11(12)10-7-5-3-4-6-8-10/h7,11H,2-6,8-9,12H2,1H3. The second-order valence-corrected chi connectivity index (χ2v) is 4.96. The number of allylic oxidation sites excluding steroid dienone is 1. The SMILES string of the molecule is CCSCC(N)C1=CCCCCC1. The summed E-state index contributed by atoms with van der Waals surface area (Å²) in [5, 5.41) is 0. The molecular formula is C11H21NS. The fraction of sp³-hybridized carbons (Fsp3) is 0.818. The van der Waals surface area contributed by atoms with Crippen molar-refractivity contribution in [3.63, 3.8) is 0 Å². The predicted octanol–water partition coefficient (Wildman–Crippen LogP) is 2.96. The first-order chi connectivity index (χ1) is 6.34. The molecule has 0 aromatic rings. The minimum Gasteiger partial charge on any atom is -0.324 e. The van der Waals surface area contributed by atoms with Crippen LogP contribution in [-0.2, 0) is 0 Å². The molecule has 0 amide bonds. The molecule has 1 nitrogen and oxygen atoms in total. The van der Waals surface area contributed by atoms with Gasteiger partial charge in [0, 0.05) is 11.8 Å². The lowest BCUT2D eigenvalue weighted by molar-refractivity contribution is 0.693. The summed E-state index contributed by atoms with van der Waals surface area (Å²) in [4.78, 5) is 0. The summed E-state index contributed by atoms with van der Waals surface area (Å²) in [7, 11) is 0. The lowest BCUT2D eigenvalue weighted by Crippen LogP contribution is -2.25. The molecule has 2 N–H and O–H groups in total. The fourth-order valence-corrected chi connectivity index (χ4v) is 2.43. The molecule has 1 aliphatic carbocycles. The molecule has 1 unspecified atom stereocenters. The van der Waals surface area contributed by atoms with Crippen LogP contribution in [-0.4, -0.2) is 17.5 Å². The van der Waals surface area contributed by atoms with Gasteiger partial charge in [0.25, 0.3) is 0 Å². The zero-order valence-corrected chi connectivity index (χ0v) is 9.41. The summed E-state index contributed by atoms with van der Waals surface area (Å²) < 4.78 is 0. The molecule has 1 atom stereocenters. The highest BCUT2D eigenvalue weighted by Gasteiger charge is 2.10. The lowest BCUT2D eigenvalue weighted by Gasteiger charge is -2.14. The van der Waals surface area contributed by atoms with E-state index in [1.807, 2.05) is 11.8 Å². The van der Waals surface area contributed by atoms with Crippen molar-refractivity contribution >= 4 is 11.8 Å². The van der Waals surface area contributed by atoms with E-state index in [-0.39, 0.29) is 0 Å². The van der Waals surface area contributed by atoms with Crippen LogP contribution in [0.15, 0.2) is 11.6 Å². The average Bonchev–Trinajstić information content (AvgIpc) is 2.42. The van der Waals surface area contributed by atoms with E-state index >= 15 is 0 Å². The predicted molar refractivity (Wildman–Crippen MR) is 62.1 cm³/mol. The molecule has 0 fully saturated rings. The third-order valence-corrected chi connectivity index (χ3v) is 3.56. The summed E-state index contributed by atoms with van der Waals surface area (Å²) in [5.41, 5.74) is 7.63. The smallest absolute Gasteiger partial charge is 0.0345 e. The minimum atomic E-state index is 0.322. The van der Waals surface area contributed by atoms with Crippen molar-refractivity contribution in [3.05, 3.63) is 11.6 Å². The Labute approximate surface area is 86.2 Å². The third-order valence-electron chi connectivity index (χ3n) is 2.55. The van der Waals surface area contributed by atoms with Gasteiger partial charge in [-0.2, -0.15) is 11.8 Å². The number of nitrogens with two attached hydrogens (primary N) is 1. The molecule has 0 heterocycles. The van der Waals surface area contributed by atoms with Gasteiger partial charge in [-0.25, -0.2) is 0 Å². The highest BCUT2D eigenvalue weighted by Crippen LogP contribution is 2.20. The molecular weight excluding hydrogens is 178 g/mol. The van der Waals surface area contributed by atoms with E-state index in [2.05, 4.69) is 13.0 Å². The molecule has 0 aliphatic heterocycles. The molecule has 76 valence electrons. The summed E-state index contributed by atoms with van der Waals surface area (Å²) in [5.74, 6) is 2.28. The van der Waals surface area contributed by atoms with Crippen molar-refractivity contribution in [2.75, 3.05) is 11.5 Å². The van der Waals surface area contributed by atoms with Crippen LogP contribution >= 0.6 is 11.8 Å². The Morgan fingerprint density at radius 1 is 1.46 bits per heavy atom. The van der Waals surface area contributed by atoms with E-state index in [0.717, 1.165) is 5.75 Å². The van der Waals surface area contributed by atoms with Gasteiger partial charge < -0.3 is 5.73 Å². The monoisotopic (exact) mass is 199 g/mol. The highest BCUT2D eigenvalue weighted by molar-refractivity contribution is 7.99. The average molecular weight is 199 g/mol. The largest absolute Gasteiger partial charge is 0.324 e. The number of hydrogen-bond acceptors (Lipinski definition) is 2. The maximum Gasteiger partial charge on any atom is 0.0345 e. The van der Waals surface area contributed by atoms with Gasteiger partial charge in [0.1, 0.15) is 0 Å². The van der Waals surface area contributed by atoms with Crippen LogP contribution in [0.3, 0.4) is 0 Å². The van der Waals surface area contributed by atoms with Crippen molar-refractivity contribution in [2.45, 2.75) is 45.1 Å². The van der Waals surface area contributed by atoms with Gasteiger partial charge in [-0.3, -0.25) is 0 Å². The normalized spacial score (nSPS) is 20.6. The molecule has 0 aromatic heterocycles. The van der Waals surface area contributed by atoms with Gasteiger partial charge in [-0.15, -0.1) is 0 Å². The van der Waals surface area contributed by atoms with E-state index in [0.29, 0.717) is 6.04 Å². The zero-order chi connectivity index (χ0) is 9.52. The minimum absolute atomic E-state index is 0.322. The first kappa shape index (κ1) is 11.1. The number of thioether (sulfide) groups is 1. The van der Waals surface area contributed by atoms with Gasteiger partial charge in [0.05, 0.1) is 0 Å². The maximum atomic E-state index is 6.11. The van der Waals surface area contributed by atoms with Crippen LogP contribution in [0.25, 0.3) is 0 Å². The van der Waals surface area contributed by atoms with Gasteiger partial charge in [0.2, 0.25) is 0 Å². The zero-order valence-electron chi connectivity index (χ0n) is 8.59. The Balaban J connectivity index is 2.34. The van der Waals surface area contributed by atoms with E-state index < -0.39 is 0 Å². The molecule has 0 aromatic carbocycles. The third kappa shape index (κ3) is 4.19. The van der Waals surface area contributed by atoms with Crippen LogP contribution in [0.4, 0.5) is 0 Å². The van der Waals surface area contributed by atoms with Crippen LogP contribution in [0.1, 0.15) is 39.0 Å². The maximum absolute atomic E-state index is 6.11. The number of hydrogen-bond donors (Lipinski definition) is 1. The molecule has 13 heavy (non-hydrogen) atoms. The topological polar surface area (TPSA) is 26.0 Å². The fourth-order valence-electron chi connectivity index (χ4n) is 1.73. The van der Waals surface area contributed by atoms with Gasteiger partial charge in [-0.1, -0.05) is 25.0 Å². The van der Waals surface area contributed by atoms with E-state index in [4.69, 9.17) is 5.73 Å². The summed E-state index contributed by atoms with van der Waals surface area (Å²) in [6, 6.07) is 0.322. The van der Waals surface area contributed by atoms with Gasteiger partial charge >= 0.3 is 0 Å². The second-order valence-electron chi connectivity index (χ2n) is 3.64. The van der Waals surface area contributed by atoms with E-state index in [1.165, 1.54) is 43.4 Å². The van der Waals surface area contributed by atoms with Crippen molar-refractivity contribution in [2.24, 2.45) is 5.73 Å². The Morgan fingerprint density at radius 3 is 3.08 bits per heavy atom.